The smallest absolute Gasteiger partial charge is 0.401 e. The Morgan fingerprint density at radius 3 is 2.77 bits per heavy atom. The molecule has 1 saturated heterocycles. The highest BCUT2D eigenvalue weighted by molar-refractivity contribution is 14.0. The predicted octanol–water partition coefficient (Wildman–Crippen LogP) is 2.94. The Balaban J connectivity index is 0.00000450. The monoisotopic (exact) mass is 543 g/mol. The number of rotatable bonds is 9. The lowest BCUT2D eigenvalue weighted by molar-refractivity contribution is -0.143. The van der Waals surface area contributed by atoms with Gasteiger partial charge in [0.1, 0.15) is 12.4 Å². The number of nitrogens with zero attached hydrogens (tertiary/aromatic N) is 3. The summed E-state index contributed by atoms with van der Waals surface area (Å²) in [4.78, 5) is 8.07. The maximum atomic E-state index is 12.6. The molecule has 0 bridgehead atoms. The van der Waals surface area contributed by atoms with Crippen molar-refractivity contribution in [2.75, 3.05) is 53.4 Å². The Morgan fingerprint density at radius 1 is 1.33 bits per heavy atom. The number of likely N-dealkylation sites (N-methyl/N-ethyl adjacent to an activating group) is 1. The fourth-order valence-corrected chi connectivity index (χ4v) is 3.11. The van der Waals surface area contributed by atoms with Gasteiger partial charge in [0.15, 0.2) is 5.96 Å². The standard InChI is InChI=1S/C20H32F3N5O.HI/c1-4-24-19(26-17-8-9-28(14-17)15-20(21,22)23)25-13-16-6-5-7-18(12-16)29-11-10-27(2)3;/h5-7,12,17H,4,8-11,13-15H2,1-3H3,(H2,24,25,26);1H. The summed E-state index contributed by atoms with van der Waals surface area (Å²) in [5, 5.41) is 6.42. The Kier molecular flexibility index (Phi) is 11.8. The van der Waals surface area contributed by atoms with Crippen molar-refractivity contribution in [2.45, 2.75) is 32.1 Å². The zero-order chi connectivity index (χ0) is 21.3. The summed E-state index contributed by atoms with van der Waals surface area (Å²) >= 11 is 0. The minimum Gasteiger partial charge on any atom is -0.492 e. The normalized spacial score (nSPS) is 17.7. The summed E-state index contributed by atoms with van der Waals surface area (Å²) in [6.07, 6.45) is -3.50. The first-order valence-electron chi connectivity index (χ1n) is 9.95. The van der Waals surface area contributed by atoms with Crippen molar-refractivity contribution in [1.29, 1.82) is 0 Å². The van der Waals surface area contributed by atoms with Crippen LogP contribution >= 0.6 is 24.0 Å². The molecule has 0 radical (unpaired) electrons. The van der Waals surface area contributed by atoms with Crippen LogP contribution in [0.3, 0.4) is 0 Å². The Labute approximate surface area is 194 Å². The van der Waals surface area contributed by atoms with Crippen molar-refractivity contribution < 1.29 is 17.9 Å². The van der Waals surface area contributed by atoms with Crippen molar-refractivity contribution in [3.8, 4) is 5.75 Å². The zero-order valence-corrected chi connectivity index (χ0v) is 20.2. The number of hydrogen-bond acceptors (Lipinski definition) is 4. The van der Waals surface area contributed by atoms with E-state index in [0.717, 1.165) is 17.9 Å². The van der Waals surface area contributed by atoms with Gasteiger partial charge in [0, 0.05) is 32.2 Å². The molecule has 1 atom stereocenters. The summed E-state index contributed by atoms with van der Waals surface area (Å²) in [5.41, 5.74) is 1.01. The molecule has 0 spiro atoms. The summed E-state index contributed by atoms with van der Waals surface area (Å²) < 4.78 is 43.4. The van der Waals surface area contributed by atoms with Gasteiger partial charge in [0.05, 0.1) is 13.1 Å². The first-order chi connectivity index (χ1) is 13.7. The highest BCUT2D eigenvalue weighted by Crippen LogP contribution is 2.20. The van der Waals surface area contributed by atoms with Crippen LogP contribution in [0.4, 0.5) is 13.2 Å². The van der Waals surface area contributed by atoms with E-state index in [9.17, 15) is 13.2 Å². The summed E-state index contributed by atoms with van der Waals surface area (Å²) in [6, 6.07) is 7.74. The molecule has 1 aliphatic heterocycles. The second-order valence-electron chi connectivity index (χ2n) is 7.47. The van der Waals surface area contributed by atoms with Gasteiger partial charge in [-0.15, -0.1) is 24.0 Å². The third-order valence-corrected chi connectivity index (χ3v) is 4.49. The van der Waals surface area contributed by atoms with E-state index in [-0.39, 0.29) is 30.0 Å². The largest absolute Gasteiger partial charge is 0.492 e. The van der Waals surface area contributed by atoms with E-state index in [1.807, 2.05) is 45.3 Å². The summed E-state index contributed by atoms with van der Waals surface area (Å²) in [7, 11) is 3.99. The van der Waals surface area contributed by atoms with Crippen molar-refractivity contribution in [1.82, 2.24) is 20.4 Å². The molecule has 6 nitrogen and oxygen atoms in total. The maximum absolute atomic E-state index is 12.6. The second-order valence-corrected chi connectivity index (χ2v) is 7.47. The number of aliphatic imine (C=N–C) groups is 1. The molecule has 0 aromatic heterocycles. The molecule has 2 rings (SSSR count). The topological polar surface area (TPSA) is 52.1 Å². The predicted molar refractivity (Wildman–Crippen MR) is 125 cm³/mol. The molecular formula is C20H33F3IN5O. The third kappa shape index (κ3) is 10.7. The quantitative estimate of drug-likeness (QED) is 0.285. The molecule has 172 valence electrons. The molecule has 1 fully saturated rings. The van der Waals surface area contributed by atoms with Gasteiger partial charge in [0.25, 0.3) is 0 Å². The van der Waals surface area contributed by atoms with Gasteiger partial charge in [0.2, 0.25) is 0 Å². The summed E-state index contributed by atoms with van der Waals surface area (Å²) in [5.74, 6) is 1.42. The van der Waals surface area contributed by atoms with Gasteiger partial charge >= 0.3 is 6.18 Å². The first-order valence-corrected chi connectivity index (χ1v) is 9.95. The van der Waals surface area contributed by atoms with E-state index in [1.54, 1.807) is 0 Å². The third-order valence-electron chi connectivity index (χ3n) is 4.49. The van der Waals surface area contributed by atoms with Crippen LogP contribution in [-0.4, -0.2) is 81.4 Å². The van der Waals surface area contributed by atoms with Gasteiger partial charge in [-0.1, -0.05) is 12.1 Å². The number of ether oxygens (including phenoxy) is 1. The van der Waals surface area contributed by atoms with Crippen molar-refractivity contribution in [3.63, 3.8) is 0 Å². The number of halogens is 4. The minimum absolute atomic E-state index is 0. The van der Waals surface area contributed by atoms with E-state index < -0.39 is 12.7 Å². The van der Waals surface area contributed by atoms with Gasteiger partial charge < -0.3 is 20.3 Å². The maximum Gasteiger partial charge on any atom is 0.401 e. The fourth-order valence-electron chi connectivity index (χ4n) is 3.11. The van der Waals surface area contributed by atoms with Crippen LogP contribution in [-0.2, 0) is 6.54 Å². The van der Waals surface area contributed by atoms with Crippen LogP contribution < -0.4 is 15.4 Å². The lowest BCUT2D eigenvalue weighted by Crippen LogP contribution is -2.45. The van der Waals surface area contributed by atoms with Crippen molar-refractivity contribution in [3.05, 3.63) is 29.8 Å². The molecule has 10 heteroatoms. The molecule has 0 aliphatic carbocycles. The van der Waals surface area contributed by atoms with Crippen LogP contribution in [0, 0.1) is 0 Å². The first kappa shape index (κ1) is 26.8. The van der Waals surface area contributed by atoms with Crippen LogP contribution in [0.25, 0.3) is 0 Å². The molecule has 30 heavy (non-hydrogen) atoms. The molecule has 0 amide bonds. The molecule has 1 aromatic carbocycles. The second kappa shape index (κ2) is 13.2. The van der Waals surface area contributed by atoms with Gasteiger partial charge in [-0.3, -0.25) is 4.90 Å². The Bertz CT molecular complexity index is 658. The SMILES string of the molecule is CCNC(=NCc1cccc(OCCN(C)C)c1)NC1CCN(CC(F)(F)F)C1.I. The number of alkyl halides is 3. The highest BCUT2D eigenvalue weighted by Gasteiger charge is 2.34. The van der Waals surface area contributed by atoms with Crippen LogP contribution in [0.5, 0.6) is 5.75 Å². The van der Waals surface area contributed by atoms with Gasteiger partial charge in [-0.2, -0.15) is 13.2 Å². The summed E-state index contributed by atoms with van der Waals surface area (Å²) in [6.45, 7) is 4.48. The van der Waals surface area contributed by atoms with Crippen molar-refractivity contribution >= 4 is 29.9 Å². The van der Waals surface area contributed by atoms with Crippen LogP contribution in [0.1, 0.15) is 18.9 Å². The fraction of sp³-hybridized carbons (Fsp3) is 0.650. The van der Waals surface area contributed by atoms with Gasteiger partial charge in [-0.05, 0) is 45.1 Å². The van der Waals surface area contributed by atoms with E-state index in [0.29, 0.717) is 45.2 Å². The molecule has 1 unspecified atom stereocenters. The lowest BCUT2D eigenvalue weighted by Gasteiger charge is -2.19. The molecule has 1 aliphatic rings. The lowest BCUT2D eigenvalue weighted by atomic mass is 10.2. The average molecular weight is 543 g/mol. The van der Waals surface area contributed by atoms with Crippen molar-refractivity contribution in [2.24, 2.45) is 4.99 Å². The number of benzene rings is 1. The average Bonchev–Trinajstić information content (AvgIpc) is 3.05. The number of nitrogens with one attached hydrogen (secondary N) is 2. The number of guanidine groups is 1. The van der Waals surface area contributed by atoms with Crippen LogP contribution in [0.15, 0.2) is 29.3 Å². The van der Waals surface area contributed by atoms with E-state index in [2.05, 4.69) is 20.5 Å². The van der Waals surface area contributed by atoms with Crippen LogP contribution in [0.2, 0.25) is 0 Å². The zero-order valence-electron chi connectivity index (χ0n) is 17.8. The number of likely N-dealkylation sites (tertiary alicyclic amines) is 1. The highest BCUT2D eigenvalue weighted by atomic mass is 127. The number of hydrogen-bond donors (Lipinski definition) is 2. The van der Waals surface area contributed by atoms with E-state index in [4.69, 9.17) is 4.74 Å². The Hall–Kier alpha value is -1.27. The molecular weight excluding hydrogens is 510 g/mol. The van der Waals surface area contributed by atoms with E-state index in [1.165, 1.54) is 4.90 Å². The molecule has 1 aromatic rings. The van der Waals surface area contributed by atoms with Gasteiger partial charge in [-0.25, -0.2) is 4.99 Å². The molecule has 0 saturated carbocycles. The molecule has 2 N–H and O–H groups in total. The minimum atomic E-state index is -4.16. The van der Waals surface area contributed by atoms with E-state index >= 15 is 0 Å². The molecule has 1 heterocycles. The Morgan fingerprint density at radius 2 is 2.10 bits per heavy atom.